The molecule has 0 unspecified atom stereocenters. The minimum Gasteiger partial charge on any atom is -0.382 e. The number of hydrogen-bond acceptors (Lipinski definition) is 4. The number of aryl methyl sites for hydroxylation is 1. The minimum absolute atomic E-state index is 0.0257. The molecule has 0 aliphatic heterocycles. The van der Waals surface area contributed by atoms with E-state index in [9.17, 15) is 8.42 Å². The maximum absolute atomic E-state index is 12.5. The van der Waals surface area contributed by atoms with Crippen LogP contribution in [0.15, 0.2) is 41.4 Å². The van der Waals surface area contributed by atoms with Crippen molar-refractivity contribution in [2.75, 3.05) is 12.8 Å². The van der Waals surface area contributed by atoms with E-state index in [2.05, 4.69) is 4.98 Å². The third-order valence-electron chi connectivity index (χ3n) is 3.21. The Labute approximate surface area is 129 Å². The van der Waals surface area contributed by atoms with Gasteiger partial charge in [0.15, 0.2) is 0 Å². The lowest BCUT2D eigenvalue weighted by Gasteiger charge is -2.18. The first-order valence-corrected chi connectivity index (χ1v) is 8.06. The standard InChI is InChI=1S/C14H16ClN3O2S/c1-10-5-3-4-6-11(10)9-18(2)21(19,20)12-7-13(15)14(16)17-8-12/h3-8H,9H2,1-2H3,(H2,16,17). The average Bonchev–Trinajstić information content (AvgIpc) is 2.44. The van der Waals surface area contributed by atoms with Crippen LogP contribution in [0.2, 0.25) is 5.02 Å². The van der Waals surface area contributed by atoms with Gasteiger partial charge in [-0.15, -0.1) is 0 Å². The number of rotatable bonds is 4. The van der Waals surface area contributed by atoms with Crippen molar-refractivity contribution in [1.29, 1.82) is 0 Å². The molecule has 0 saturated carbocycles. The van der Waals surface area contributed by atoms with Crippen molar-refractivity contribution in [2.24, 2.45) is 0 Å². The van der Waals surface area contributed by atoms with Gasteiger partial charge in [0, 0.05) is 19.8 Å². The van der Waals surface area contributed by atoms with Gasteiger partial charge in [-0.25, -0.2) is 13.4 Å². The van der Waals surface area contributed by atoms with Gasteiger partial charge in [-0.2, -0.15) is 4.31 Å². The number of aromatic nitrogens is 1. The van der Waals surface area contributed by atoms with E-state index in [1.54, 1.807) is 0 Å². The molecule has 0 bridgehead atoms. The maximum Gasteiger partial charge on any atom is 0.244 e. The molecule has 21 heavy (non-hydrogen) atoms. The van der Waals surface area contributed by atoms with Crippen LogP contribution < -0.4 is 5.73 Å². The van der Waals surface area contributed by atoms with Gasteiger partial charge in [0.25, 0.3) is 0 Å². The second-order valence-corrected chi connectivity index (χ2v) is 7.18. The fourth-order valence-electron chi connectivity index (χ4n) is 1.86. The van der Waals surface area contributed by atoms with Crippen molar-refractivity contribution >= 4 is 27.4 Å². The van der Waals surface area contributed by atoms with Crippen molar-refractivity contribution in [3.05, 3.63) is 52.7 Å². The van der Waals surface area contributed by atoms with E-state index in [1.807, 2.05) is 31.2 Å². The van der Waals surface area contributed by atoms with Crippen LogP contribution in [-0.2, 0) is 16.6 Å². The summed E-state index contributed by atoms with van der Waals surface area (Å²) in [6.07, 6.45) is 1.21. The lowest BCUT2D eigenvalue weighted by atomic mass is 10.1. The summed E-state index contributed by atoms with van der Waals surface area (Å²) >= 11 is 5.84. The molecule has 0 saturated heterocycles. The molecule has 1 aromatic heterocycles. The van der Waals surface area contributed by atoms with Gasteiger partial charge in [0.05, 0.1) is 5.02 Å². The van der Waals surface area contributed by atoms with Crippen LogP contribution in [0.25, 0.3) is 0 Å². The van der Waals surface area contributed by atoms with Crippen LogP contribution in [0.1, 0.15) is 11.1 Å². The van der Waals surface area contributed by atoms with Crippen molar-refractivity contribution in [3.63, 3.8) is 0 Å². The Bertz CT molecular complexity index is 763. The van der Waals surface area contributed by atoms with Gasteiger partial charge in [-0.05, 0) is 24.1 Å². The molecule has 1 aromatic carbocycles. The van der Waals surface area contributed by atoms with Crippen LogP contribution >= 0.6 is 11.6 Å². The van der Waals surface area contributed by atoms with Crippen LogP contribution in [0, 0.1) is 6.92 Å². The summed E-state index contributed by atoms with van der Waals surface area (Å²) in [5.41, 5.74) is 7.48. The van der Waals surface area contributed by atoms with Gasteiger partial charge in [-0.3, -0.25) is 0 Å². The average molecular weight is 326 g/mol. The Morgan fingerprint density at radius 1 is 1.33 bits per heavy atom. The number of nitrogens with two attached hydrogens (primary N) is 1. The van der Waals surface area contributed by atoms with E-state index in [0.29, 0.717) is 0 Å². The largest absolute Gasteiger partial charge is 0.382 e. The van der Waals surface area contributed by atoms with E-state index in [0.717, 1.165) is 11.1 Å². The summed E-state index contributed by atoms with van der Waals surface area (Å²) in [6, 6.07) is 8.95. The predicted octanol–water partition coefficient (Wildman–Crippen LogP) is 2.45. The van der Waals surface area contributed by atoms with Crippen molar-refractivity contribution in [2.45, 2.75) is 18.4 Å². The third-order valence-corrected chi connectivity index (χ3v) is 5.28. The molecule has 1 heterocycles. The van der Waals surface area contributed by atoms with E-state index in [1.165, 1.54) is 23.6 Å². The highest BCUT2D eigenvalue weighted by Crippen LogP contribution is 2.23. The first-order chi connectivity index (χ1) is 9.82. The zero-order chi connectivity index (χ0) is 15.6. The van der Waals surface area contributed by atoms with Crippen molar-refractivity contribution in [1.82, 2.24) is 9.29 Å². The topological polar surface area (TPSA) is 76.3 Å². The smallest absolute Gasteiger partial charge is 0.244 e. The van der Waals surface area contributed by atoms with Crippen LogP contribution in [0.4, 0.5) is 5.82 Å². The molecule has 0 amide bonds. The molecule has 0 aliphatic rings. The number of pyridine rings is 1. The lowest BCUT2D eigenvalue weighted by Crippen LogP contribution is -2.27. The molecule has 2 rings (SSSR count). The monoisotopic (exact) mass is 325 g/mol. The number of benzene rings is 1. The lowest BCUT2D eigenvalue weighted by molar-refractivity contribution is 0.465. The fourth-order valence-corrected chi connectivity index (χ4v) is 3.22. The minimum atomic E-state index is -3.66. The van der Waals surface area contributed by atoms with Crippen molar-refractivity contribution < 1.29 is 8.42 Å². The quantitative estimate of drug-likeness (QED) is 0.936. The third kappa shape index (κ3) is 3.34. The van der Waals surface area contributed by atoms with E-state index < -0.39 is 10.0 Å². The SMILES string of the molecule is Cc1ccccc1CN(C)S(=O)(=O)c1cnc(N)c(Cl)c1. The Kier molecular flexibility index (Phi) is 4.51. The zero-order valence-corrected chi connectivity index (χ0v) is 13.3. The van der Waals surface area contributed by atoms with Gasteiger partial charge in [0.2, 0.25) is 10.0 Å². The van der Waals surface area contributed by atoms with E-state index >= 15 is 0 Å². The molecule has 0 atom stereocenters. The summed E-state index contributed by atoms with van der Waals surface area (Å²) in [6.45, 7) is 2.22. The number of hydrogen-bond donors (Lipinski definition) is 1. The number of halogens is 1. The first-order valence-electron chi connectivity index (χ1n) is 6.24. The molecule has 7 heteroatoms. The molecule has 0 spiro atoms. The molecule has 0 fully saturated rings. The van der Waals surface area contributed by atoms with Crippen molar-refractivity contribution in [3.8, 4) is 0 Å². The van der Waals surface area contributed by atoms with Gasteiger partial charge < -0.3 is 5.73 Å². The first kappa shape index (κ1) is 15.8. The number of sulfonamides is 1. The van der Waals surface area contributed by atoms with Crippen LogP contribution in [-0.4, -0.2) is 24.8 Å². The highest BCUT2D eigenvalue weighted by molar-refractivity contribution is 7.89. The Balaban J connectivity index is 2.30. The fraction of sp³-hybridized carbons (Fsp3) is 0.214. The maximum atomic E-state index is 12.5. The number of nitrogens with zero attached hydrogens (tertiary/aromatic N) is 2. The highest BCUT2D eigenvalue weighted by atomic mass is 35.5. The summed E-state index contributed by atoms with van der Waals surface area (Å²) in [5, 5.41) is 0.125. The molecule has 0 radical (unpaired) electrons. The summed E-state index contributed by atoms with van der Waals surface area (Å²) < 4.78 is 26.3. The normalized spacial score (nSPS) is 11.8. The predicted molar refractivity (Wildman–Crippen MR) is 83.5 cm³/mol. The molecule has 2 N–H and O–H groups in total. The van der Waals surface area contributed by atoms with E-state index in [-0.39, 0.29) is 22.3 Å². The van der Waals surface area contributed by atoms with Crippen LogP contribution in [0.5, 0.6) is 0 Å². The number of nitrogen functional groups attached to an aromatic ring is 1. The van der Waals surface area contributed by atoms with Crippen LogP contribution in [0.3, 0.4) is 0 Å². The summed E-state index contributed by atoms with van der Waals surface area (Å²) in [5.74, 6) is 0.108. The number of anilines is 1. The van der Waals surface area contributed by atoms with Gasteiger partial charge in [0.1, 0.15) is 10.7 Å². The zero-order valence-electron chi connectivity index (χ0n) is 11.7. The summed E-state index contributed by atoms with van der Waals surface area (Å²) in [4.78, 5) is 3.82. The van der Waals surface area contributed by atoms with Gasteiger partial charge in [-0.1, -0.05) is 35.9 Å². The second kappa shape index (κ2) is 6.01. The van der Waals surface area contributed by atoms with E-state index in [4.69, 9.17) is 17.3 Å². The molecular formula is C14H16ClN3O2S. The Hall–Kier alpha value is -1.63. The molecule has 5 nitrogen and oxygen atoms in total. The molecule has 112 valence electrons. The second-order valence-electron chi connectivity index (χ2n) is 4.73. The Morgan fingerprint density at radius 3 is 2.62 bits per heavy atom. The summed E-state index contributed by atoms with van der Waals surface area (Å²) in [7, 11) is -2.14. The Morgan fingerprint density at radius 2 is 2.00 bits per heavy atom. The van der Waals surface area contributed by atoms with Gasteiger partial charge >= 0.3 is 0 Å². The highest BCUT2D eigenvalue weighted by Gasteiger charge is 2.22. The molecule has 0 aliphatic carbocycles. The molecule has 2 aromatic rings. The molecular weight excluding hydrogens is 310 g/mol.